The minimum Gasteiger partial charge on any atom is -0.353 e. The summed E-state index contributed by atoms with van der Waals surface area (Å²) < 4.78 is 13.0. The summed E-state index contributed by atoms with van der Waals surface area (Å²) in [5.41, 5.74) is 4.66. The number of urea groups is 1. The molecule has 0 unspecified atom stereocenters. The molecular formula is C18H22FN4O3+. The number of quaternary nitrogens is 1. The van der Waals surface area contributed by atoms with Gasteiger partial charge in [-0.15, -0.1) is 0 Å². The Bertz CT molecular complexity index is 734. The number of hydrogen-bond donors (Lipinski definition) is 2. The van der Waals surface area contributed by atoms with Crippen LogP contribution in [0.25, 0.3) is 0 Å². The lowest BCUT2D eigenvalue weighted by Gasteiger charge is -2.29. The second-order valence-electron chi connectivity index (χ2n) is 6.73. The van der Waals surface area contributed by atoms with Crippen molar-refractivity contribution in [3.8, 4) is 0 Å². The highest BCUT2D eigenvalue weighted by Gasteiger charge is 2.39. The van der Waals surface area contributed by atoms with Crippen LogP contribution in [0.3, 0.4) is 0 Å². The topological polar surface area (TPSA) is 106 Å². The lowest BCUT2D eigenvalue weighted by molar-refractivity contribution is -0.428. The first-order valence-electron chi connectivity index (χ1n) is 8.72. The zero-order valence-corrected chi connectivity index (χ0v) is 14.4. The molecule has 3 rings (SSSR count). The van der Waals surface area contributed by atoms with Crippen molar-refractivity contribution in [3.05, 3.63) is 35.6 Å². The highest BCUT2D eigenvalue weighted by atomic mass is 19.1. The van der Waals surface area contributed by atoms with Crippen molar-refractivity contribution in [2.75, 3.05) is 0 Å². The first-order chi connectivity index (χ1) is 12.5. The fraction of sp³-hybridized carbons (Fsp3) is 0.444. The highest BCUT2D eigenvalue weighted by Crippen LogP contribution is 2.20. The van der Waals surface area contributed by atoms with Gasteiger partial charge in [0.15, 0.2) is 5.92 Å². The Morgan fingerprint density at radius 1 is 1.19 bits per heavy atom. The maximum atomic E-state index is 13.0. The number of halogens is 1. The van der Waals surface area contributed by atoms with Gasteiger partial charge in [0.05, 0.1) is 6.54 Å². The molecular weight excluding hydrogens is 339 g/mol. The van der Waals surface area contributed by atoms with E-state index in [1.54, 1.807) is 0 Å². The van der Waals surface area contributed by atoms with E-state index in [0.29, 0.717) is 5.56 Å². The summed E-state index contributed by atoms with van der Waals surface area (Å²) in [6.45, 7) is -0.0377. The van der Waals surface area contributed by atoms with E-state index in [1.165, 1.54) is 30.5 Å². The Morgan fingerprint density at radius 3 is 2.58 bits per heavy atom. The smallest absolute Gasteiger partial charge is 0.331 e. The predicted octanol–water partition coefficient (Wildman–Crippen LogP) is 0.644. The van der Waals surface area contributed by atoms with E-state index in [-0.39, 0.29) is 18.6 Å². The molecule has 2 fully saturated rings. The van der Waals surface area contributed by atoms with Gasteiger partial charge < -0.3 is 5.73 Å². The number of hydrogen-bond acceptors (Lipinski definition) is 4. The van der Waals surface area contributed by atoms with Crippen LogP contribution in [0.15, 0.2) is 29.3 Å². The molecule has 1 aromatic rings. The molecule has 0 bridgehead atoms. The van der Waals surface area contributed by atoms with E-state index < -0.39 is 29.6 Å². The molecule has 1 saturated carbocycles. The van der Waals surface area contributed by atoms with Crippen molar-refractivity contribution in [3.63, 3.8) is 0 Å². The van der Waals surface area contributed by atoms with Crippen molar-refractivity contribution in [1.82, 2.24) is 10.2 Å². The van der Waals surface area contributed by atoms with Crippen molar-refractivity contribution in [2.24, 2.45) is 10.9 Å². The second kappa shape index (κ2) is 7.74. The molecule has 4 amide bonds. The zero-order chi connectivity index (χ0) is 18.7. The molecule has 7 nitrogen and oxygen atoms in total. The van der Waals surface area contributed by atoms with Crippen LogP contribution in [0, 0.1) is 11.7 Å². The van der Waals surface area contributed by atoms with Gasteiger partial charge in [-0.05, 0) is 30.5 Å². The van der Waals surface area contributed by atoms with Gasteiger partial charge in [0.2, 0.25) is 11.8 Å². The number of rotatable bonds is 4. The van der Waals surface area contributed by atoms with Crippen molar-refractivity contribution >= 4 is 24.1 Å². The molecule has 138 valence electrons. The average molecular weight is 361 g/mol. The van der Waals surface area contributed by atoms with Gasteiger partial charge in [-0.3, -0.25) is 24.8 Å². The van der Waals surface area contributed by atoms with E-state index in [2.05, 4.69) is 16.0 Å². The summed E-state index contributed by atoms with van der Waals surface area (Å²) in [7, 11) is 0. The van der Waals surface area contributed by atoms with E-state index in [4.69, 9.17) is 0 Å². The first-order valence-corrected chi connectivity index (χ1v) is 8.72. The molecule has 1 aliphatic carbocycles. The van der Waals surface area contributed by atoms with Gasteiger partial charge in [0, 0.05) is 12.6 Å². The van der Waals surface area contributed by atoms with Crippen LogP contribution in [-0.4, -0.2) is 41.0 Å². The normalized spacial score (nSPS) is 27.1. The Morgan fingerprint density at radius 2 is 1.88 bits per heavy atom. The highest BCUT2D eigenvalue weighted by molar-refractivity contribution is 6.23. The first kappa shape index (κ1) is 18.2. The SMILES string of the molecule is [NH3+][C@@H]1CCCC[C@@H]1N=C[C@H]1C(=O)NC(=O)N(Cc2ccc(F)cc2)C1=O. The molecule has 26 heavy (non-hydrogen) atoms. The molecule has 0 spiro atoms. The average Bonchev–Trinajstić information content (AvgIpc) is 2.61. The van der Waals surface area contributed by atoms with Crippen LogP contribution in [0.5, 0.6) is 0 Å². The van der Waals surface area contributed by atoms with Crippen LogP contribution < -0.4 is 11.1 Å². The molecule has 0 aromatic heterocycles. The summed E-state index contributed by atoms with van der Waals surface area (Å²) >= 11 is 0. The Balaban J connectivity index is 1.73. The summed E-state index contributed by atoms with van der Waals surface area (Å²) in [5.74, 6) is -2.83. The van der Waals surface area contributed by atoms with Gasteiger partial charge in [0.25, 0.3) is 0 Å². The minimum absolute atomic E-state index is 0.00692. The maximum Gasteiger partial charge on any atom is 0.331 e. The molecule has 1 aliphatic heterocycles. The lowest BCUT2D eigenvalue weighted by atomic mass is 9.91. The van der Waals surface area contributed by atoms with Crippen molar-refractivity contribution in [1.29, 1.82) is 0 Å². The van der Waals surface area contributed by atoms with Crippen LogP contribution in [0.1, 0.15) is 31.2 Å². The number of carbonyl (C=O) groups excluding carboxylic acids is 3. The summed E-state index contributed by atoms with van der Waals surface area (Å²) in [6.07, 6.45) is 5.36. The Labute approximate surface area is 150 Å². The Hall–Kier alpha value is -2.61. The number of imide groups is 2. The third-order valence-electron chi connectivity index (χ3n) is 4.84. The molecule has 0 radical (unpaired) electrons. The number of carbonyl (C=O) groups is 3. The van der Waals surface area contributed by atoms with E-state index >= 15 is 0 Å². The van der Waals surface area contributed by atoms with E-state index in [9.17, 15) is 18.8 Å². The number of aliphatic imine (C=N–C) groups is 1. The lowest BCUT2D eigenvalue weighted by Crippen LogP contribution is -2.66. The molecule has 1 aromatic carbocycles. The van der Waals surface area contributed by atoms with E-state index in [1.807, 2.05) is 0 Å². The predicted molar refractivity (Wildman–Crippen MR) is 91.4 cm³/mol. The second-order valence-corrected chi connectivity index (χ2v) is 6.73. The van der Waals surface area contributed by atoms with Crippen molar-refractivity contribution < 1.29 is 24.5 Å². The largest absolute Gasteiger partial charge is 0.353 e. The van der Waals surface area contributed by atoms with Gasteiger partial charge in [-0.2, -0.15) is 0 Å². The number of amides is 4. The third kappa shape index (κ3) is 3.96. The van der Waals surface area contributed by atoms with Crippen LogP contribution in [-0.2, 0) is 16.1 Å². The number of barbiturate groups is 1. The summed E-state index contributed by atoms with van der Waals surface area (Å²) in [5, 5.41) is 2.19. The Kier molecular flexibility index (Phi) is 5.41. The molecule has 4 N–H and O–H groups in total. The molecule has 1 saturated heterocycles. The molecule has 3 atom stereocenters. The van der Waals surface area contributed by atoms with Gasteiger partial charge >= 0.3 is 6.03 Å². The third-order valence-corrected chi connectivity index (χ3v) is 4.84. The summed E-state index contributed by atoms with van der Waals surface area (Å²) in [6, 6.07) is 4.87. The van der Waals surface area contributed by atoms with Crippen molar-refractivity contribution in [2.45, 2.75) is 44.3 Å². The quantitative estimate of drug-likeness (QED) is 0.607. The van der Waals surface area contributed by atoms with Crippen LogP contribution in [0.4, 0.5) is 9.18 Å². The monoisotopic (exact) mass is 361 g/mol. The van der Waals surface area contributed by atoms with Gasteiger partial charge in [-0.25, -0.2) is 9.18 Å². The molecule has 8 heteroatoms. The van der Waals surface area contributed by atoms with Gasteiger partial charge in [-0.1, -0.05) is 18.6 Å². The standard InChI is InChI=1S/C18H21FN4O3/c19-12-7-5-11(6-8-12)10-23-17(25)13(16(24)22-18(23)26)9-21-15-4-2-1-3-14(15)20/h5-9,13-15H,1-4,10,20H2,(H,22,24,26)/p+1/t13-,14+,15-/m0/s1. The summed E-state index contributed by atoms with van der Waals surface area (Å²) in [4.78, 5) is 42.1. The molecule has 2 aliphatic rings. The molecule has 1 heterocycles. The number of nitrogens with zero attached hydrogens (tertiary/aromatic N) is 2. The maximum absolute atomic E-state index is 13.0. The minimum atomic E-state index is -1.14. The van der Waals surface area contributed by atoms with Crippen LogP contribution in [0.2, 0.25) is 0 Å². The zero-order valence-electron chi connectivity index (χ0n) is 14.4. The fourth-order valence-electron chi connectivity index (χ4n) is 3.27. The van der Waals surface area contributed by atoms with E-state index in [0.717, 1.165) is 30.6 Å². The number of benzene rings is 1. The van der Waals surface area contributed by atoms with Gasteiger partial charge in [0.1, 0.15) is 17.9 Å². The van der Waals surface area contributed by atoms with Crippen LogP contribution >= 0.6 is 0 Å². The fourth-order valence-corrected chi connectivity index (χ4v) is 3.27. The number of nitrogens with one attached hydrogen (secondary N) is 1.